The molecule has 0 radical (unpaired) electrons. The van der Waals surface area contributed by atoms with Crippen LogP contribution in [0.1, 0.15) is 25.7 Å². The molecule has 0 atom stereocenters. The number of benzene rings is 2. The summed E-state index contributed by atoms with van der Waals surface area (Å²) in [7, 11) is 0. The van der Waals surface area contributed by atoms with Gasteiger partial charge in [0.1, 0.15) is 11.5 Å². The summed E-state index contributed by atoms with van der Waals surface area (Å²) >= 11 is 10.3. The summed E-state index contributed by atoms with van der Waals surface area (Å²) in [6, 6.07) is 13.7. The van der Waals surface area contributed by atoms with Crippen LogP contribution >= 0.6 is 24.4 Å². The molecule has 0 spiro atoms. The number of ether oxygens (including phenoxy) is 2. The molecule has 6 rings (SSSR count). The third-order valence-electron chi connectivity index (χ3n) is 5.27. The Morgan fingerprint density at radius 1 is 0.585 bits per heavy atom. The van der Waals surface area contributed by atoms with Crippen LogP contribution in [-0.4, -0.2) is 19.9 Å². The number of rotatable bonds is 4. The molecule has 0 aliphatic heterocycles. The van der Waals surface area contributed by atoms with E-state index >= 15 is 0 Å². The van der Waals surface area contributed by atoms with Crippen molar-refractivity contribution in [2.75, 3.05) is 0 Å². The molecule has 0 saturated heterocycles. The molecule has 0 aromatic heterocycles. The van der Waals surface area contributed by atoms with Crippen LogP contribution in [0, 0.1) is 12.2 Å². The van der Waals surface area contributed by atoms with E-state index in [1.807, 2.05) is 48.6 Å². The number of allylic oxidation sites excluding steroid dienone is 16. The smallest absolute Gasteiger partial charge is 0.504 e. The van der Waals surface area contributed by atoms with Crippen LogP contribution < -0.4 is 9.47 Å². The van der Waals surface area contributed by atoms with Gasteiger partial charge in [-0.15, -0.1) is 12.8 Å². The van der Waals surface area contributed by atoms with E-state index in [4.69, 9.17) is 33.9 Å². The van der Waals surface area contributed by atoms with Crippen molar-refractivity contribution in [1.29, 1.82) is 0 Å². The molecule has 0 amide bonds. The van der Waals surface area contributed by atoms with Crippen molar-refractivity contribution < 1.29 is 45.9 Å². The van der Waals surface area contributed by atoms with Gasteiger partial charge in [-0.2, -0.15) is 12.2 Å². The van der Waals surface area contributed by atoms with Crippen molar-refractivity contribution >= 4 is 34.2 Å². The molecule has 0 heterocycles. The first kappa shape index (κ1) is 33.8. The first-order valence-electron chi connectivity index (χ1n) is 12.7. The number of phenols is 2. The third kappa shape index (κ3) is 12.8. The fourth-order valence-electron chi connectivity index (χ4n) is 3.23. The van der Waals surface area contributed by atoms with Gasteiger partial charge in [0, 0.05) is 12.8 Å². The maximum Gasteiger partial charge on any atom is 2.00 e. The second kappa shape index (κ2) is 19.7. The van der Waals surface area contributed by atoms with Gasteiger partial charge in [-0.3, -0.25) is 12.2 Å². The van der Waals surface area contributed by atoms with E-state index in [2.05, 4.69) is 24.3 Å². The quantitative estimate of drug-likeness (QED) is 0.254. The topological polar surface area (TPSA) is 58.9 Å². The minimum absolute atomic E-state index is 0. The third-order valence-corrected chi connectivity index (χ3v) is 6.00. The molecule has 206 valence electrons. The molecular weight excluding hydrogens is 628 g/mol. The molecule has 0 bridgehead atoms. The number of para-hydroxylation sites is 4. The molecule has 2 N–H and O–H groups in total. The minimum Gasteiger partial charge on any atom is -0.504 e. The summed E-state index contributed by atoms with van der Waals surface area (Å²) < 4.78 is 11.0. The number of thiocarbonyl (C=S) groups is 2. The summed E-state index contributed by atoms with van der Waals surface area (Å²) in [4.78, 5) is 1.50. The molecule has 4 aliphatic rings. The molecule has 2 aromatic carbocycles. The van der Waals surface area contributed by atoms with E-state index < -0.39 is 0 Å². The van der Waals surface area contributed by atoms with Crippen molar-refractivity contribution in [2.45, 2.75) is 25.7 Å². The summed E-state index contributed by atoms with van der Waals surface area (Å²) in [5.41, 5.74) is 0. The Balaban J connectivity index is 0.000000211. The second-order valence-corrected chi connectivity index (χ2v) is 9.30. The summed E-state index contributed by atoms with van der Waals surface area (Å²) in [6.07, 6.45) is 32.8. The van der Waals surface area contributed by atoms with Crippen LogP contribution in [0.15, 0.2) is 133 Å². The zero-order valence-electron chi connectivity index (χ0n) is 22.4. The van der Waals surface area contributed by atoms with E-state index in [0.29, 0.717) is 23.0 Å². The summed E-state index contributed by atoms with van der Waals surface area (Å²) in [6.45, 7) is 0. The molecule has 4 nitrogen and oxygen atoms in total. The summed E-state index contributed by atoms with van der Waals surface area (Å²) in [5, 5.41) is 19.0. The van der Waals surface area contributed by atoms with Crippen molar-refractivity contribution in [3.63, 3.8) is 0 Å². The van der Waals surface area contributed by atoms with Gasteiger partial charge in [-0.25, -0.2) is 24.3 Å². The fraction of sp³-hybridized carbons (Fsp3) is 0.118. The average molecular weight is 658 g/mol. The standard InChI is InChI=1S/2C12H10O2S.2C5H5.Zr/c2*13-9-5-1-2-6-10(9)14-11-7-3-4-8-12(11)15;2*1-2-4-5-3-1;/h2*1-7,13H,8H2;2*1-3H,4H2;/q;;2*-1;+2. The molecule has 0 unspecified atom stereocenters. The van der Waals surface area contributed by atoms with Crippen molar-refractivity contribution in [1.82, 2.24) is 0 Å². The van der Waals surface area contributed by atoms with Crippen LogP contribution in [0.25, 0.3) is 0 Å². The fourth-order valence-corrected chi connectivity index (χ4v) is 3.65. The van der Waals surface area contributed by atoms with Crippen LogP contribution in [0.4, 0.5) is 0 Å². The Kier molecular flexibility index (Phi) is 16.2. The Morgan fingerprint density at radius 2 is 1.00 bits per heavy atom. The van der Waals surface area contributed by atoms with Gasteiger partial charge >= 0.3 is 26.2 Å². The van der Waals surface area contributed by atoms with E-state index in [1.54, 1.807) is 60.7 Å². The van der Waals surface area contributed by atoms with Gasteiger partial charge < -0.3 is 19.7 Å². The Hall–Kier alpha value is -3.38. The van der Waals surface area contributed by atoms with Gasteiger partial charge in [0.15, 0.2) is 23.0 Å². The predicted molar refractivity (Wildman–Crippen MR) is 169 cm³/mol. The van der Waals surface area contributed by atoms with E-state index in [-0.39, 0.29) is 37.7 Å². The van der Waals surface area contributed by atoms with Crippen molar-refractivity contribution in [2.24, 2.45) is 0 Å². The molecule has 0 saturated carbocycles. The molecular formula is C34H30O4S2Zr. The van der Waals surface area contributed by atoms with Crippen LogP contribution in [0.5, 0.6) is 23.0 Å². The van der Waals surface area contributed by atoms with Crippen LogP contribution in [0.3, 0.4) is 0 Å². The van der Waals surface area contributed by atoms with E-state index in [0.717, 1.165) is 35.4 Å². The summed E-state index contributed by atoms with van der Waals surface area (Å²) in [5.74, 6) is 2.37. The largest absolute Gasteiger partial charge is 2.00 e. The number of phenolic OH excluding ortho intramolecular Hbond substituents is 2. The Labute approximate surface area is 272 Å². The van der Waals surface area contributed by atoms with Crippen molar-refractivity contribution in [3.8, 4) is 23.0 Å². The van der Waals surface area contributed by atoms with Crippen LogP contribution in [-0.2, 0) is 26.2 Å². The first-order valence-corrected chi connectivity index (χ1v) is 13.5. The van der Waals surface area contributed by atoms with Crippen LogP contribution in [0.2, 0.25) is 0 Å². The van der Waals surface area contributed by atoms with Gasteiger partial charge in [0.05, 0.1) is 9.73 Å². The molecule has 4 aliphatic carbocycles. The number of hydrogen-bond acceptors (Lipinski definition) is 6. The molecule has 41 heavy (non-hydrogen) atoms. The monoisotopic (exact) mass is 656 g/mol. The van der Waals surface area contributed by atoms with Gasteiger partial charge in [0.2, 0.25) is 0 Å². The second-order valence-electron chi connectivity index (χ2n) is 8.32. The van der Waals surface area contributed by atoms with Gasteiger partial charge in [-0.05, 0) is 36.4 Å². The van der Waals surface area contributed by atoms with Gasteiger partial charge in [-0.1, -0.05) is 73.0 Å². The molecule has 0 fully saturated rings. The maximum atomic E-state index is 9.51. The zero-order chi connectivity index (χ0) is 28.4. The Morgan fingerprint density at radius 3 is 1.29 bits per heavy atom. The average Bonchev–Trinajstić information content (AvgIpc) is 3.74. The minimum atomic E-state index is 0. The van der Waals surface area contributed by atoms with E-state index in [1.165, 1.54) is 0 Å². The maximum absolute atomic E-state index is 9.51. The van der Waals surface area contributed by atoms with Crippen molar-refractivity contribution in [3.05, 3.63) is 145 Å². The Bertz CT molecular complexity index is 1280. The normalized spacial score (nSPS) is 15.2. The van der Waals surface area contributed by atoms with E-state index in [9.17, 15) is 10.2 Å². The zero-order valence-corrected chi connectivity index (χ0v) is 26.5. The number of hydrogen-bond donors (Lipinski definition) is 2. The predicted octanol–water partition coefficient (Wildman–Crippen LogP) is 8.58. The molecule has 2 aromatic rings. The first-order chi connectivity index (χ1) is 19.5. The van der Waals surface area contributed by atoms with Gasteiger partial charge in [0.25, 0.3) is 0 Å². The molecule has 7 heteroatoms. The SMILES string of the molecule is Oc1ccccc1OC1=CC=CCC1=S.Oc1ccccc1OC1=CC=CCC1=S.[C-]1=CC=CC1.[C-]1=CC=CC1.[Zr+2]. The number of aromatic hydroxyl groups is 2.